The molecule has 2 aliphatic carbocycles. The van der Waals surface area contributed by atoms with Gasteiger partial charge in [-0.3, -0.25) is 4.99 Å². The van der Waals surface area contributed by atoms with Crippen LogP contribution in [0.2, 0.25) is 6.04 Å². The molecule has 2 fully saturated rings. The van der Waals surface area contributed by atoms with Gasteiger partial charge >= 0.3 is 8.80 Å². The van der Waals surface area contributed by atoms with Gasteiger partial charge in [0.1, 0.15) is 0 Å². The molecule has 2 rings (SSSR count). The number of aliphatic imine (C=N–C) groups is 1. The molecule has 152 valence electrons. The predicted molar refractivity (Wildman–Crippen MR) is 109 cm³/mol. The minimum absolute atomic E-state index is 0.573. The summed E-state index contributed by atoms with van der Waals surface area (Å²) in [4.78, 5) is 4.87. The maximum Gasteiger partial charge on any atom is 0.500 e. The van der Waals surface area contributed by atoms with Crippen molar-refractivity contribution in [2.75, 3.05) is 27.9 Å². The Kier molecular flexibility index (Phi) is 9.96. The predicted octanol–water partition coefficient (Wildman–Crippen LogP) is 3.46. The van der Waals surface area contributed by atoms with E-state index in [1.165, 1.54) is 64.2 Å². The second kappa shape index (κ2) is 12.0. The van der Waals surface area contributed by atoms with Crippen LogP contribution in [0.15, 0.2) is 4.99 Å². The summed E-state index contributed by atoms with van der Waals surface area (Å²) in [5.74, 6) is 1.00. The first-order valence-corrected chi connectivity index (χ1v) is 12.4. The summed E-state index contributed by atoms with van der Waals surface area (Å²) in [7, 11) is 2.53. The Bertz CT molecular complexity index is 377. The van der Waals surface area contributed by atoms with Crippen LogP contribution >= 0.6 is 0 Å². The highest BCUT2D eigenvalue weighted by Gasteiger charge is 2.36. The molecule has 2 aliphatic rings. The van der Waals surface area contributed by atoms with Crippen LogP contribution in [0.5, 0.6) is 0 Å². The van der Waals surface area contributed by atoms with Crippen LogP contribution in [0.4, 0.5) is 0 Å². The van der Waals surface area contributed by atoms with Gasteiger partial charge in [-0.05, 0) is 32.1 Å². The molecule has 7 heteroatoms. The minimum atomic E-state index is -2.48. The Morgan fingerprint density at radius 3 is 1.69 bits per heavy atom. The largest absolute Gasteiger partial charge is 0.500 e. The second-order valence-corrected chi connectivity index (χ2v) is 10.7. The van der Waals surface area contributed by atoms with E-state index < -0.39 is 8.80 Å². The highest BCUT2D eigenvalue weighted by molar-refractivity contribution is 6.60. The van der Waals surface area contributed by atoms with Gasteiger partial charge in [0.15, 0.2) is 5.96 Å². The molecule has 0 radical (unpaired) electrons. The summed E-state index contributed by atoms with van der Waals surface area (Å²) in [6, 6.07) is 1.94. The van der Waals surface area contributed by atoms with Crippen molar-refractivity contribution in [1.82, 2.24) is 10.6 Å². The van der Waals surface area contributed by atoms with Crippen LogP contribution < -0.4 is 10.6 Å². The lowest BCUT2D eigenvalue weighted by molar-refractivity contribution is 0.123. The number of guanidine groups is 1. The van der Waals surface area contributed by atoms with Gasteiger partial charge in [0.05, 0.1) is 0 Å². The minimum Gasteiger partial charge on any atom is -0.377 e. The standard InChI is InChI=1S/C19H39N3O3Si/c1-23-26(24-2,25-3)16-10-15-20-19(21-17-11-6-4-7-12-17)22-18-13-8-5-9-14-18/h17-18H,4-16H2,1-3H3,(H2,20,21,22). The Morgan fingerprint density at radius 1 is 0.808 bits per heavy atom. The van der Waals surface area contributed by atoms with Crippen LogP contribution in [0, 0.1) is 0 Å². The van der Waals surface area contributed by atoms with Crippen LogP contribution in [0.25, 0.3) is 0 Å². The topological polar surface area (TPSA) is 64.1 Å². The number of hydrogen-bond donors (Lipinski definition) is 2. The molecule has 6 nitrogen and oxygen atoms in total. The molecular formula is C19H39N3O3Si. The van der Waals surface area contributed by atoms with Gasteiger partial charge in [0.25, 0.3) is 0 Å². The molecule has 0 amide bonds. The fraction of sp³-hybridized carbons (Fsp3) is 0.947. The van der Waals surface area contributed by atoms with Crippen LogP contribution in [-0.2, 0) is 13.3 Å². The smallest absolute Gasteiger partial charge is 0.377 e. The fourth-order valence-corrected chi connectivity index (χ4v) is 5.76. The quantitative estimate of drug-likeness (QED) is 0.275. The first-order valence-electron chi connectivity index (χ1n) is 10.4. The molecule has 26 heavy (non-hydrogen) atoms. The number of nitrogens with one attached hydrogen (secondary N) is 2. The van der Waals surface area contributed by atoms with Crippen molar-refractivity contribution in [2.24, 2.45) is 4.99 Å². The van der Waals surface area contributed by atoms with Crippen LogP contribution in [0.3, 0.4) is 0 Å². The SMILES string of the molecule is CO[Si](CCCN=C(NC1CCCCC1)NC1CCCCC1)(OC)OC. The number of nitrogens with zero attached hydrogens (tertiary/aromatic N) is 1. The van der Waals surface area contributed by atoms with Crippen LogP contribution in [0.1, 0.15) is 70.6 Å². The van der Waals surface area contributed by atoms with Crippen LogP contribution in [-0.4, -0.2) is 54.7 Å². The van der Waals surface area contributed by atoms with Crippen molar-refractivity contribution in [3.63, 3.8) is 0 Å². The van der Waals surface area contributed by atoms with E-state index in [2.05, 4.69) is 10.6 Å². The summed E-state index contributed by atoms with van der Waals surface area (Å²) in [6.07, 6.45) is 14.0. The maximum atomic E-state index is 5.50. The normalized spacial score (nSPS) is 20.0. The molecular weight excluding hydrogens is 346 g/mol. The third-order valence-corrected chi connectivity index (χ3v) is 8.57. The summed E-state index contributed by atoms with van der Waals surface area (Å²) in [6.45, 7) is 0.763. The lowest BCUT2D eigenvalue weighted by Gasteiger charge is -2.29. The molecule has 0 atom stereocenters. The molecule has 0 aromatic rings. The van der Waals surface area contributed by atoms with E-state index in [1.54, 1.807) is 21.3 Å². The Hall–Kier alpha value is -0.633. The molecule has 0 unspecified atom stereocenters. The molecule has 0 spiro atoms. The molecule has 0 heterocycles. The molecule has 0 aromatic carbocycles. The first kappa shape index (κ1) is 21.7. The van der Waals surface area contributed by atoms with Crippen molar-refractivity contribution in [3.05, 3.63) is 0 Å². The molecule has 0 aliphatic heterocycles. The third-order valence-electron chi connectivity index (χ3n) is 5.74. The molecule has 0 aromatic heterocycles. The van der Waals surface area contributed by atoms with Gasteiger partial charge in [-0.2, -0.15) is 0 Å². The lowest BCUT2D eigenvalue weighted by Crippen LogP contribution is -2.48. The molecule has 0 bridgehead atoms. The van der Waals surface area contributed by atoms with E-state index in [-0.39, 0.29) is 0 Å². The summed E-state index contributed by atoms with van der Waals surface area (Å²) in [5.41, 5.74) is 0. The zero-order chi connectivity index (χ0) is 18.7. The highest BCUT2D eigenvalue weighted by Crippen LogP contribution is 2.19. The number of hydrogen-bond acceptors (Lipinski definition) is 4. The van der Waals surface area contributed by atoms with E-state index in [1.807, 2.05) is 0 Å². The van der Waals surface area contributed by atoms with Crippen molar-refractivity contribution >= 4 is 14.8 Å². The number of rotatable bonds is 9. The zero-order valence-corrected chi connectivity index (χ0v) is 18.0. The molecule has 2 saturated carbocycles. The van der Waals surface area contributed by atoms with Gasteiger partial charge in [-0.25, -0.2) is 0 Å². The monoisotopic (exact) mass is 385 g/mol. The van der Waals surface area contributed by atoms with Gasteiger partial charge in [0, 0.05) is 46.0 Å². The average Bonchev–Trinajstić information content (AvgIpc) is 2.70. The van der Waals surface area contributed by atoms with E-state index in [0.717, 1.165) is 25.0 Å². The van der Waals surface area contributed by atoms with Gasteiger partial charge in [-0.1, -0.05) is 38.5 Å². The van der Waals surface area contributed by atoms with Gasteiger partial charge in [-0.15, -0.1) is 0 Å². The van der Waals surface area contributed by atoms with Crippen molar-refractivity contribution in [2.45, 2.75) is 88.8 Å². The fourth-order valence-electron chi connectivity index (χ4n) is 4.06. The summed E-state index contributed by atoms with van der Waals surface area (Å²) in [5, 5.41) is 7.40. The van der Waals surface area contributed by atoms with Gasteiger partial charge < -0.3 is 23.9 Å². The summed E-state index contributed by atoms with van der Waals surface area (Å²) >= 11 is 0. The highest BCUT2D eigenvalue weighted by atomic mass is 28.4. The average molecular weight is 386 g/mol. The van der Waals surface area contributed by atoms with E-state index >= 15 is 0 Å². The third kappa shape index (κ3) is 7.17. The zero-order valence-electron chi connectivity index (χ0n) is 17.0. The van der Waals surface area contributed by atoms with Crippen molar-refractivity contribution in [1.29, 1.82) is 0 Å². The Balaban J connectivity index is 1.87. The summed E-state index contributed by atoms with van der Waals surface area (Å²) < 4.78 is 16.5. The van der Waals surface area contributed by atoms with Crippen molar-refractivity contribution < 1.29 is 13.3 Å². The first-order chi connectivity index (χ1) is 12.7. The lowest BCUT2D eigenvalue weighted by atomic mass is 9.95. The second-order valence-electron chi connectivity index (χ2n) is 7.59. The maximum absolute atomic E-state index is 5.50. The van der Waals surface area contributed by atoms with E-state index in [0.29, 0.717) is 12.1 Å². The van der Waals surface area contributed by atoms with Crippen molar-refractivity contribution in [3.8, 4) is 0 Å². The Labute approximate surface area is 160 Å². The molecule has 0 saturated heterocycles. The van der Waals surface area contributed by atoms with E-state index in [9.17, 15) is 0 Å². The van der Waals surface area contributed by atoms with E-state index in [4.69, 9.17) is 18.3 Å². The molecule has 2 N–H and O–H groups in total. The van der Waals surface area contributed by atoms with Gasteiger partial charge in [0.2, 0.25) is 0 Å². The Morgan fingerprint density at radius 2 is 1.27 bits per heavy atom.